The number of hydrogen-bond acceptors (Lipinski definition) is 3. The highest BCUT2D eigenvalue weighted by Gasteiger charge is 2.28. The Labute approximate surface area is 129 Å². The second-order valence-corrected chi connectivity index (χ2v) is 7.09. The van der Waals surface area contributed by atoms with Crippen molar-refractivity contribution in [3.05, 3.63) is 23.4 Å². The largest absolute Gasteiger partial charge is 0.357 e. The van der Waals surface area contributed by atoms with Crippen LogP contribution in [0.2, 0.25) is 0 Å². The minimum atomic E-state index is 0.590. The van der Waals surface area contributed by atoms with Gasteiger partial charge in [-0.15, -0.1) is 0 Å². The third-order valence-electron chi connectivity index (χ3n) is 4.86. The van der Waals surface area contributed by atoms with Crippen molar-refractivity contribution in [1.29, 1.82) is 0 Å². The van der Waals surface area contributed by atoms with E-state index in [4.69, 9.17) is 4.98 Å². The molecule has 2 aliphatic rings. The molecule has 0 unspecified atom stereocenters. The third-order valence-corrected chi connectivity index (χ3v) is 4.86. The van der Waals surface area contributed by atoms with Gasteiger partial charge in [-0.3, -0.25) is 4.90 Å². The smallest absolute Gasteiger partial charge is 0.128 e. The molecule has 1 aromatic rings. The number of aromatic nitrogens is 1. The van der Waals surface area contributed by atoms with Gasteiger partial charge in [0.05, 0.1) is 0 Å². The molecule has 21 heavy (non-hydrogen) atoms. The molecule has 3 heterocycles. The van der Waals surface area contributed by atoms with Gasteiger partial charge in [0.25, 0.3) is 0 Å². The Morgan fingerprint density at radius 1 is 1.14 bits per heavy atom. The first-order chi connectivity index (χ1) is 10.1. The van der Waals surface area contributed by atoms with Gasteiger partial charge in [0.1, 0.15) is 5.82 Å². The van der Waals surface area contributed by atoms with Gasteiger partial charge in [0.15, 0.2) is 0 Å². The summed E-state index contributed by atoms with van der Waals surface area (Å²) >= 11 is 0. The Bertz CT molecular complexity index is 477. The summed E-state index contributed by atoms with van der Waals surface area (Å²) in [4.78, 5) is 10.00. The lowest BCUT2D eigenvalue weighted by Gasteiger charge is -2.28. The molecule has 0 aromatic carbocycles. The van der Waals surface area contributed by atoms with Gasteiger partial charge in [-0.2, -0.15) is 0 Å². The summed E-state index contributed by atoms with van der Waals surface area (Å²) in [6.45, 7) is 11.6. The predicted octanol–water partition coefficient (Wildman–Crippen LogP) is 3.78. The molecule has 1 atom stereocenters. The topological polar surface area (TPSA) is 19.4 Å². The number of hydrogen-bond donors (Lipinski definition) is 0. The van der Waals surface area contributed by atoms with Crippen molar-refractivity contribution in [3.8, 4) is 0 Å². The molecule has 2 saturated heterocycles. The number of aryl methyl sites for hydroxylation is 1. The molecule has 1 aromatic heterocycles. The molecule has 3 rings (SSSR count). The molecular weight excluding hydrogens is 258 g/mol. The number of anilines is 1. The molecule has 0 amide bonds. The van der Waals surface area contributed by atoms with Crippen LogP contribution < -0.4 is 4.90 Å². The lowest BCUT2D eigenvalue weighted by atomic mass is 10.0. The Kier molecular flexibility index (Phi) is 4.48. The summed E-state index contributed by atoms with van der Waals surface area (Å²) in [6.07, 6.45) is 5.24. The summed E-state index contributed by atoms with van der Waals surface area (Å²) in [7, 11) is 0. The van der Waals surface area contributed by atoms with Crippen molar-refractivity contribution in [2.24, 2.45) is 5.92 Å². The van der Waals surface area contributed by atoms with Crippen molar-refractivity contribution in [2.75, 3.05) is 31.1 Å². The third kappa shape index (κ3) is 3.23. The van der Waals surface area contributed by atoms with Crippen molar-refractivity contribution >= 4 is 5.82 Å². The second kappa shape index (κ2) is 6.35. The van der Waals surface area contributed by atoms with Crippen LogP contribution in [0.25, 0.3) is 0 Å². The van der Waals surface area contributed by atoms with E-state index in [-0.39, 0.29) is 0 Å². The highest BCUT2D eigenvalue weighted by Crippen LogP contribution is 2.34. The van der Waals surface area contributed by atoms with Gasteiger partial charge in [-0.05, 0) is 56.7 Å². The lowest BCUT2D eigenvalue weighted by molar-refractivity contribution is 0.228. The van der Waals surface area contributed by atoms with Gasteiger partial charge in [0, 0.05) is 31.4 Å². The fraction of sp³-hybridized carbons (Fsp3) is 0.722. The molecule has 0 radical (unpaired) electrons. The number of nitrogens with zero attached hydrogens (tertiary/aromatic N) is 3. The van der Waals surface area contributed by atoms with E-state index in [0.717, 1.165) is 5.92 Å². The Balaban J connectivity index is 1.78. The van der Waals surface area contributed by atoms with Crippen LogP contribution in [0.5, 0.6) is 0 Å². The maximum atomic E-state index is 4.91. The van der Waals surface area contributed by atoms with E-state index in [2.05, 4.69) is 42.7 Å². The minimum absolute atomic E-state index is 0.590. The summed E-state index contributed by atoms with van der Waals surface area (Å²) in [6, 6.07) is 5.19. The zero-order chi connectivity index (χ0) is 14.8. The number of likely N-dealkylation sites (tertiary alicyclic amines) is 1. The maximum absolute atomic E-state index is 4.91. The fourth-order valence-corrected chi connectivity index (χ4v) is 3.90. The van der Waals surface area contributed by atoms with E-state index in [1.165, 1.54) is 68.9 Å². The van der Waals surface area contributed by atoms with Crippen LogP contribution in [0.15, 0.2) is 12.1 Å². The van der Waals surface area contributed by atoms with E-state index < -0.39 is 0 Å². The van der Waals surface area contributed by atoms with Gasteiger partial charge >= 0.3 is 0 Å². The summed E-state index contributed by atoms with van der Waals surface area (Å²) in [5, 5.41) is 0. The first-order valence-electron chi connectivity index (χ1n) is 8.61. The molecular formula is C18H29N3. The average molecular weight is 287 g/mol. The Hall–Kier alpha value is -1.09. The average Bonchev–Trinajstić information content (AvgIpc) is 3.09. The highest BCUT2D eigenvalue weighted by molar-refractivity contribution is 5.43. The van der Waals surface area contributed by atoms with E-state index in [0.29, 0.717) is 6.04 Å². The first-order valence-corrected chi connectivity index (χ1v) is 8.61. The van der Waals surface area contributed by atoms with Gasteiger partial charge in [-0.25, -0.2) is 4.98 Å². The van der Waals surface area contributed by atoms with E-state index in [1.54, 1.807) is 0 Å². The van der Waals surface area contributed by atoms with E-state index in [1.807, 2.05) is 0 Å². The normalized spacial score (nSPS) is 23.4. The van der Waals surface area contributed by atoms with E-state index >= 15 is 0 Å². The molecule has 0 N–H and O–H groups in total. The van der Waals surface area contributed by atoms with Crippen LogP contribution in [0, 0.1) is 12.8 Å². The van der Waals surface area contributed by atoms with Crippen LogP contribution in [0.3, 0.4) is 0 Å². The van der Waals surface area contributed by atoms with Gasteiger partial charge in [-0.1, -0.05) is 19.9 Å². The molecule has 0 spiro atoms. The van der Waals surface area contributed by atoms with Gasteiger partial charge < -0.3 is 4.90 Å². The Morgan fingerprint density at radius 3 is 2.57 bits per heavy atom. The molecule has 3 nitrogen and oxygen atoms in total. The predicted molar refractivity (Wildman–Crippen MR) is 88.8 cm³/mol. The van der Waals surface area contributed by atoms with Crippen LogP contribution in [-0.4, -0.2) is 36.1 Å². The van der Waals surface area contributed by atoms with E-state index in [9.17, 15) is 0 Å². The standard InChI is InChI=1S/C18H29N3/c1-14(2)13-21-12-6-7-17(21)16-8-9-18(19-15(16)3)20-10-4-5-11-20/h8-9,14,17H,4-7,10-13H2,1-3H3/t17-/m0/s1. The molecule has 116 valence electrons. The zero-order valence-corrected chi connectivity index (χ0v) is 13.8. The molecule has 0 saturated carbocycles. The molecule has 0 aliphatic carbocycles. The van der Waals surface area contributed by atoms with Crippen LogP contribution in [-0.2, 0) is 0 Å². The van der Waals surface area contributed by atoms with Gasteiger partial charge in [0.2, 0.25) is 0 Å². The van der Waals surface area contributed by atoms with Crippen molar-refractivity contribution in [1.82, 2.24) is 9.88 Å². The first kappa shape index (κ1) is 14.8. The van der Waals surface area contributed by atoms with Crippen LogP contribution in [0.1, 0.15) is 56.8 Å². The monoisotopic (exact) mass is 287 g/mol. The molecule has 2 fully saturated rings. The SMILES string of the molecule is Cc1nc(N2CCCC2)ccc1[C@@H]1CCCN1CC(C)C. The fourth-order valence-electron chi connectivity index (χ4n) is 3.90. The summed E-state index contributed by atoms with van der Waals surface area (Å²) in [5.74, 6) is 1.92. The maximum Gasteiger partial charge on any atom is 0.128 e. The Morgan fingerprint density at radius 2 is 1.90 bits per heavy atom. The quantitative estimate of drug-likeness (QED) is 0.840. The number of pyridine rings is 1. The lowest BCUT2D eigenvalue weighted by Crippen LogP contribution is -2.28. The van der Waals surface area contributed by atoms with Crippen LogP contribution in [0.4, 0.5) is 5.82 Å². The number of rotatable bonds is 4. The summed E-state index contributed by atoms with van der Waals surface area (Å²) in [5.41, 5.74) is 2.69. The molecule has 3 heteroatoms. The molecule has 2 aliphatic heterocycles. The zero-order valence-electron chi connectivity index (χ0n) is 13.8. The minimum Gasteiger partial charge on any atom is -0.357 e. The summed E-state index contributed by atoms with van der Waals surface area (Å²) < 4.78 is 0. The highest BCUT2D eigenvalue weighted by atomic mass is 15.2. The van der Waals surface area contributed by atoms with Crippen LogP contribution >= 0.6 is 0 Å². The molecule has 0 bridgehead atoms. The van der Waals surface area contributed by atoms with Crippen molar-refractivity contribution in [2.45, 2.75) is 52.5 Å². The second-order valence-electron chi connectivity index (χ2n) is 7.09. The van der Waals surface area contributed by atoms with Crippen molar-refractivity contribution < 1.29 is 0 Å². The van der Waals surface area contributed by atoms with Crippen molar-refractivity contribution in [3.63, 3.8) is 0 Å².